The fraction of sp³-hybridized carbons (Fsp3) is 0. The molecule has 0 aliphatic heterocycles. The maximum atomic E-state index is 7.16. The van der Waals surface area contributed by atoms with E-state index in [1.807, 2.05) is 140 Å². The molecule has 130 heavy (non-hydrogen) atoms. The Kier molecular flexibility index (Phi) is 18.9. The number of fused-ring (bicyclic) bond motifs is 14. The Morgan fingerprint density at radius 2 is 0.538 bits per heavy atom. The average molecular weight is 1660 g/mol. The molecule has 12 nitrogen and oxygen atoms in total. The van der Waals surface area contributed by atoms with Crippen LogP contribution in [-0.4, -0.2) is 49.0 Å². The summed E-state index contributed by atoms with van der Waals surface area (Å²) >= 11 is 0. The first-order valence-corrected chi connectivity index (χ1v) is 43.5. The topological polar surface area (TPSA) is 139 Å². The first kappa shape index (κ1) is 76.0. The van der Waals surface area contributed by atoms with Crippen molar-refractivity contribution in [2.75, 3.05) is 0 Å². The average Bonchev–Trinajstić information content (AvgIpc) is 1.55. The first-order chi connectivity index (χ1) is 64.5. The summed E-state index contributed by atoms with van der Waals surface area (Å²) in [6.07, 6.45) is 3.94. The summed E-state index contributed by atoms with van der Waals surface area (Å²) in [4.78, 5) is 42.0. The summed E-state index contributed by atoms with van der Waals surface area (Å²) in [5, 5.41) is 8.54. The van der Waals surface area contributed by atoms with Crippen LogP contribution in [0.1, 0.15) is 0 Å². The van der Waals surface area contributed by atoms with Crippen molar-refractivity contribution in [3.8, 4) is 158 Å². The predicted octanol–water partition coefficient (Wildman–Crippen LogP) is 30.2. The van der Waals surface area contributed by atoms with Gasteiger partial charge < -0.3 is 18.0 Å². The van der Waals surface area contributed by atoms with Crippen LogP contribution in [0, 0.1) is 0 Å². The molecule has 608 valence electrons. The van der Waals surface area contributed by atoms with Crippen LogP contribution in [0.5, 0.6) is 0 Å². The molecule has 0 radical (unpaired) electrons. The Labute approximate surface area is 747 Å². The van der Waals surface area contributed by atoms with E-state index in [0.29, 0.717) is 40.6 Å². The first-order valence-electron chi connectivity index (χ1n) is 43.5. The van der Waals surface area contributed by atoms with E-state index in [9.17, 15) is 0 Å². The Bertz CT molecular complexity index is 8450. The van der Waals surface area contributed by atoms with Gasteiger partial charge in [0.05, 0.1) is 44.2 Å². The Hall–Kier alpha value is -17.7. The number of para-hydroxylation sites is 5. The monoisotopic (exact) mass is 1660 g/mol. The number of rotatable bonds is 15. The molecule has 0 unspecified atom stereocenters. The van der Waals surface area contributed by atoms with Gasteiger partial charge in [-0.2, -0.15) is 0 Å². The van der Waals surface area contributed by atoms with Crippen LogP contribution >= 0.6 is 0 Å². The van der Waals surface area contributed by atoms with Gasteiger partial charge in [0.25, 0.3) is 0 Å². The molecule has 0 saturated carbocycles. The third-order valence-corrected chi connectivity index (χ3v) is 24.6. The molecule has 8 heterocycles. The molecular weight excluding hydrogens is 1590 g/mol. The predicted molar refractivity (Wildman–Crippen MR) is 529 cm³/mol. The van der Waals surface area contributed by atoms with E-state index < -0.39 is 0 Å². The largest absolute Gasteiger partial charge is 0.456 e. The molecule has 0 saturated heterocycles. The van der Waals surface area contributed by atoms with Gasteiger partial charge in [0, 0.05) is 112 Å². The zero-order chi connectivity index (χ0) is 86.0. The molecule has 0 aliphatic carbocycles. The minimum Gasteiger partial charge on any atom is -0.456 e. The van der Waals surface area contributed by atoms with Crippen molar-refractivity contribution in [2.45, 2.75) is 0 Å². The second kappa shape index (κ2) is 32.4. The van der Waals surface area contributed by atoms with Crippen LogP contribution in [0.25, 0.3) is 245 Å². The molecule has 12 heteroatoms. The van der Waals surface area contributed by atoms with Crippen molar-refractivity contribution < 1.29 is 8.83 Å². The number of furan rings is 2. The molecule has 17 aromatic carbocycles. The fourth-order valence-electron chi connectivity index (χ4n) is 18.5. The lowest BCUT2D eigenvalue weighted by molar-refractivity contribution is 0.669. The highest BCUT2D eigenvalue weighted by Gasteiger charge is 2.29. The molecule has 8 aromatic heterocycles. The summed E-state index contributed by atoms with van der Waals surface area (Å²) in [5.74, 6) is 3.33. The van der Waals surface area contributed by atoms with E-state index in [0.717, 1.165) is 199 Å². The highest BCUT2D eigenvalue weighted by atomic mass is 16.3. The van der Waals surface area contributed by atoms with Crippen LogP contribution in [0.4, 0.5) is 0 Å². The number of benzene rings is 17. The van der Waals surface area contributed by atoms with Crippen molar-refractivity contribution >= 4 is 87.5 Å². The lowest BCUT2D eigenvalue weighted by Gasteiger charge is -2.15. The molecule has 0 bridgehead atoms. The van der Waals surface area contributed by atoms with Crippen molar-refractivity contribution in [2.24, 2.45) is 0 Å². The van der Waals surface area contributed by atoms with E-state index in [2.05, 4.69) is 319 Å². The number of hydrogen-bond donors (Lipinski definition) is 0. The molecule has 0 fully saturated rings. The summed E-state index contributed by atoms with van der Waals surface area (Å²) in [6, 6.07) is 151. The summed E-state index contributed by atoms with van der Waals surface area (Å²) in [7, 11) is 0. The highest BCUT2D eigenvalue weighted by molar-refractivity contribution is 6.28. The van der Waals surface area contributed by atoms with Gasteiger partial charge in [-0.15, -0.1) is 0 Å². The maximum absolute atomic E-state index is 7.16. The standard InChI is InChI=1S/C62H39N5O.C56H35N5O/c1-6-19-40(20-7-1)44-35-45(41-21-8-2-9-22-41)37-46(36-44)47-38-52(62-65-60(42-23-10-3-11-24-42)64-61(66-62)43-25-12-4-13-26-43)58(63-39-47)51-30-18-32-54-56(51)57-55(68-54)34-33-50-49-29-16-17-31-53(49)67(59(50)57)48-27-14-5-15-28-48;1-5-17-36(18-6-1)39-23-15-24-40(33-39)41-34-47(56-59-54(37-19-7-2-8-20-37)58-55(60-56)38-21-9-3-10-22-38)51(57-35-41)46-29-16-28-43-44-31-32-49-50(53(44)62-52(43)46)45-27-13-14-30-48(45)61(49)42-25-11-4-12-26-42/h1-39H;1-35H. The van der Waals surface area contributed by atoms with Gasteiger partial charge in [-0.25, -0.2) is 29.9 Å². The van der Waals surface area contributed by atoms with Gasteiger partial charge >= 0.3 is 0 Å². The zero-order valence-corrected chi connectivity index (χ0v) is 70.0. The fourth-order valence-corrected chi connectivity index (χ4v) is 18.5. The van der Waals surface area contributed by atoms with Crippen molar-refractivity contribution in [1.29, 1.82) is 0 Å². The Morgan fingerprint density at radius 1 is 0.185 bits per heavy atom. The molecule has 25 aromatic rings. The Balaban J connectivity index is 0.000000145. The second-order valence-electron chi connectivity index (χ2n) is 32.4. The molecule has 0 atom stereocenters. The molecule has 0 amide bonds. The van der Waals surface area contributed by atoms with Crippen LogP contribution in [0.3, 0.4) is 0 Å². The highest BCUT2D eigenvalue weighted by Crippen LogP contribution is 2.49. The number of nitrogens with zero attached hydrogens (tertiary/aromatic N) is 10. The van der Waals surface area contributed by atoms with E-state index in [-0.39, 0.29) is 0 Å². The molecule has 0 N–H and O–H groups in total. The van der Waals surface area contributed by atoms with E-state index in [1.165, 1.54) is 5.39 Å². The molecular formula is C118H74N10O2. The van der Waals surface area contributed by atoms with Gasteiger partial charge in [-0.1, -0.05) is 328 Å². The van der Waals surface area contributed by atoms with Gasteiger partial charge in [0.15, 0.2) is 34.9 Å². The van der Waals surface area contributed by atoms with Crippen molar-refractivity contribution in [3.05, 3.63) is 449 Å². The van der Waals surface area contributed by atoms with Crippen molar-refractivity contribution in [1.82, 2.24) is 49.0 Å². The van der Waals surface area contributed by atoms with Crippen LogP contribution in [-0.2, 0) is 0 Å². The minimum absolute atomic E-state index is 0.512. The number of hydrogen-bond acceptors (Lipinski definition) is 10. The smallest absolute Gasteiger partial charge is 0.166 e. The van der Waals surface area contributed by atoms with Gasteiger partial charge in [0.1, 0.15) is 22.3 Å². The van der Waals surface area contributed by atoms with Crippen molar-refractivity contribution in [3.63, 3.8) is 0 Å². The lowest BCUT2D eigenvalue weighted by atomic mass is 9.92. The number of aromatic nitrogens is 10. The van der Waals surface area contributed by atoms with E-state index >= 15 is 0 Å². The van der Waals surface area contributed by atoms with Crippen LogP contribution in [0.15, 0.2) is 458 Å². The summed E-state index contributed by atoms with van der Waals surface area (Å²) in [6.45, 7) is 0. The minimum atomic E-state index is 0.512. The van der Waals surface area contributed by atoms with E-state index in [4.69, 9.17) is 48.7 Å². The number of pyridine rings is 2. The molecule has 0 aliphatic rings. The molecule has 0 spiro atoms. The normalized spacial score (nSPS) is 11.5. The SMILES string of the molecule is c1ccc(-c2cc(-c3ccccc3)cc(-c3cnc(-c4cccc5oc6ccc7c8ccccc8n(-c8ccccc8)c7c6c45)c(-c4nc(-c5ccccc5)nc(-c5ccccc5)n4)c3)c2)cc1.c1ccc(-c2cccc(-c3cnc(-c4cccc5c4oc4c5ccc5c4c4ccccc4n5-c4ccccc4)c(-c4nc(-c5ccccc5)nc(-c5ccccc5)n4)c3)c2)cc1. The van der Waals surface area contributed by atoms with Gasteiger partial charge in [-0.3, -0.25) is 9.97 Å². The second-order valence-corrected chi connectivity index (χ2v) is 32.4. The van der Waals surface area contributed by atoms with Gasteiger partial charge in [0.2, 0.25) is 0 Å². The van der Waals surface area contributed by atoms with Crippen LogP contribution < -0.4 is 0 Å². The quantitative estimate of drug-likeness (QED) is 0.0974. The molecule has 25 rings (SSSR count). The zero-order valence-electron chi connectivity index (χ0n) is 70.0. The third-order valence-electron chi connectivity index (χ3n) is 24.6. The maximum Gasteiger partial charge on any atom is 0.166 e. The Morgan fingerprint density at radius 3 is 1.06 bits per heavy atom. The van der Waals surface area contributed by atoms with Gasteiger partial charge in [-0.05, 0) is 154 Å². The van der Waals surface area contributed by atoms with E-state index in [1.54, 1.807) is 0 Å². The summed E-state index contributed by atoms with van der Waals surface area (Å²) < 4.78 is 18.7. The summed E-state index contributed by atoms with van der Waals surface area (Å²) in [5.41, 5.74) is 28.7. The third kappa shape index (κ3) is 13.7. The lowest BCUT2D eigenvalue weighted by Crippen LogP contribution is -2.02. The van der Waals surface area contributed by atoms with Crippen LogP contribution in [0.2, 0.25) is 0 Å².